The van der Waals surface area contributed by atoms with Crippen LogP contribution >= 0.6 is 15.9 Å². The summed E-state index contributed by atoms with van der Waals surface area (Å²) in [4.78, 5) is 0. The highest BCUT2D eigenvalue weighted by molar-refractivity contribution is 9.10. The van der Waals surface area contributed by atoms with Crippen LogP contribution in [-0.4, -0.2) is 19.9 Å². The lowest BCUT2D eigenvalue weighted by atomic mass is 10.1. The van der Waals surface area contributed by atoms with Crippen LogP contribution in [0.15, 0.2) is 28.7 Å². The zero-order valence-corrected chi connectivity index (χ0v) is 10.2. The van der Waals surface area contributed by atoms with Gasteiger partial charge in [-0.05, 0) is 24.1 Å². The lowest BCUT2D eigenvalue weighted by Gasteiger charge is -1.99. The van der Waals surface area contributed by atoms with Crippen molar-refractivity contribution in [3.8, 4) is 0 Å². The summed E-state index contributed by atoms with van der Waals surface area (Å²) in [6, 6.07) is 7.87. The minimum Gasteiger partial charge on any atom is -0.229 e. The third-order valence-electron chi connectivity index (χ3n) is 2.58. The van der Waals surface area contributed by atoms with Gasteiger partial charge in [0.25, 0.3) is 0 Å². The molecule has 1 aromatic rings. The molecule has 0 N–H and O–H groups in total. The van der Waals surface area contributed by atoms with Crippen molar-refractivity contribution in [2.75, 3.05) is 6.26 Å². The topological polar surface area (TPSA) is 34.1 Å². The second-order valence-corrected chi connectivity index (χ2v) is 6.94. The van der Waals surface area contributed by atoms with Crippen molar-refractivity contribution in [3.63, 3.8) is 0 Å². The van der Waals surface area contributed by atoms with Gasteiger partial charge < -0.3 is 0 Å². The van der Waals surface area contributed by atoms with Gasteiger partial charge in [-0.2, -0.15) is 0 Å². The number of sulfone groups is 1. The molecule has 1 aliphatic carbocycles. The monoisotopic (exact) mass is 274 g/mol. The maximum Gasteiger partial charge on any atom is 0.150 e. The van der Waals surface area contributed by atoms with Crippen molar-refractivity contribution >= 4 is 25.8 Å². The minimum absolute atomic E-state index is 0.149. The molecule has 0 bridgehead atoms. The van der Waals surface area contributed by atoms with Crippen molar-refractivity contribution in [2.24, 2.45) is 0 Å². The van der Waals surface area contributed by atoms with Gasteiger partial charge in [-0.1, -0.05) is 28.1 Å². The van der Waals surface area contributed by atoms with E-state index in [0.29, 0.717) is 0 Å². The molecule has 76 valence electrons. The zero-order valence-electron chi connectivity index (χ0n) is 7.77. The number of halogens is 1. The van der Waals surface area contributed by atoms with Crippen molar-refractivity contribution in [3.05, 3.63) is 34.3 Å². The molecular formula is C10H11BrO2S. The summed E-state index contributed by atoms with van der Waals surface area (Å²) in [6.07, 6.45) is 2.09. The highest BCUT2D eigenvalue weighted by Crippen LogP contribution is 2.45. The Morgan fingerprint density at radius 2 is 1.86 bits per heavy atom. The van der Waals surface area contributed by atoms with Crippen LogP contribution in [0.25, 0.3) is 0 Å². The largest absolute Gasteiger partial charge is 0.229 e. The molecule has 2 atom stereocenters. The molecule has 1 fully saturated rings. The van der Waals surface area contributed by atoms with Gasteiger partial charge in [0.2, 0.25) is 0 Å². The van der Waals surface area contributed by atoms with Gasteiger partial charge in [0, 0.05) is 16.6 Å². The highest BCUT2D eigenvalue weighted by atomic mass is 79.9. The van der Waals surface area contributed by atoms with Gasteiger partial charge in [-0.15, -0.1) is 0 Å². The Hall–Kier alpha value is -0.350. The molecule has 0 aliphatic heterocycles. The Bertz CT molecular complexity index is 436. The predicted octanol–water partition coefficient (Wildman–Crippen LogP) is 2.35. The lowest BCUT2D eigenvalue weighted by Crippen LogP contribution is -2.04. The first-order valence-electron chi connectivity index (χ1n) is 4.43. The van der Waals surface area contributed by atoms with Gasteiger partial charge in [0.15, 0.2) is 9.84 Å². The van der Waals surface area contributed by atoms with Crippen molar-refractivity contribution in [2.45, 2.75) is 17.6 Å². The van der Waals surface area contributed by atoms with E-state index in [9.17, 15) is 8.42 Å². The van der Waals surface area contributed by atoms with Crippen molar-refractivity contribution < 1.29 is 8.42 Å². The number of hydrogen-bond donors (Lipinski definition) is 0. The van der Waals surface area contributed by atoms with Gasteiger partial charge in [-0.3, -0.25) is 0 Å². The second-order valence-electron chi connectivity index (χ2n) is 3.76. The van der Waals surface area contributed by atoms with E-state index < -0.39 is 9.84 Å². The molecule has 0 aromatic heterocycles. The van der Waals surface area contributed by atoms with E-state index in [1.54, 1.807) is 0 Å². The quantitative estimate of drug-likeness (QED) is 0.830. The van der Waals surface area contributed by atoms with Crippen LogP contribution in [0.2, 0.25) is 0 Å². The smallest absolute Gasteiger partial charge is 0.150 e. The summed E-state index contributed by atoms with van der Waals surface area (Å²) in [6.45, 7) is 0. The normalized spacial score (nSPS) is 26.1. The van der Waals surface area contributed by atoms with Crippen LogP contribution in [0.4, 0.5) is 0 Å². The van der Waals surface area contributed by atoms with Crippen LogP contribution in [0.5, 0.6) is 0 Å². The van der Waals surface area contributed by atoms with Gasteiger partial charge in [-0.25, -0.2) is 8.42 Å². The molecule has 1 saturated carbocycles. The van der Waals surface area contributed by atoms with E-state index in [2.05, 4.69) is 15.9 Å². The summed E-state index contributed by atoms with van der Waals surface area (Å²) < 4.78 is 23.5. The van der Waals surface area contributed by atoms with Crippen LogP contribution in [0.1, 0.15) is 17.9 Å². The predicted molar refractivity (Wildman–Crippen MR) is 60.1 cm³/mol. The Labute approximate surface area is 92.4 Å². The molecule has 14 heavy (non-hydrogen) atoms. The molecule has 0 spiro atoms. The van der Waals surface area contributed by atoms with Crippen molar-refractivity contribution in [1.82, 2.24) is 0 Å². The van der Waals surface area contributed by atoms with Gasteiger partial charge in [0.05, 0.1) is 5.25 Å². The SMILES string of the molecule is CS(=O)(=O)[C@H]1C[C@H]1c1ccc(Br)cc1. The molecule has 0 radical (unpaired) electrons. The van der Waals surface area contributed by atoms with Crippen LogP contribution in [0, 0.1) is 0 Å². The molecule has 0 saturated heterocycles. The summed E-state index contributed by atoms with van der Waals surface area (Å²) >= 11 is 3.35. The Morgan fingerprint density at radius 1 is 1.29 bits per heavy atom. The van der Waals surface area contributed by atoms with Crippen molar-refractivity contribution in [1.29, 1.82) is 0 Å². The van der Waals surface area contributed by atoms with E-state index >= 15 is 0 Å². The van der Waals surface area contributed by atoms with E-state index in [0.717, 1.165) is 16.5 Å². The highest BCUT2D eigenvalue weighted by Gasteiger charge is 2.45. The van der Waals surface area contributed by atoms with Gasteiger partial charge >= 0.3 is 0 Å². The third-order valence-corrected chi connectivity index (χ3v) is 4.73. The Kier molecular flexibility index (Phi) is 2.43. The summed E-state index contributed by atoms with van der Waals surface area (Å²) in [5.41, 5.74) is 1.13. The molecule has 2 rings (SSSR count). The standard InChI is InChI=1S/C10H11BrO2S/c1-14(12,13)10-6-9(10)7-2-4-8(11)5-3-7/h2-5,9-10H,6H2,1H3/t9-,10-/m0/s1. The summed E-state index contributed by atoms with van der Waals surface area (Å²) in [5, 5.41) is -0.149. The van der Waals surface area contributed by atoms with E-state index in [4.69, 9.17) is 0 Å². The first-order chi connectivity index (χ1) is 6.48. The average molecular weight is 275 g/mol. The fourth-order valence-electron chi connectivity index (χ4n) is 1.71. The zero-order chi connectivity index (χ0) is 10.3. The number of rotatable bonds is 2. The number of benzene rings is 1. The van der Waals surface area contributed by atoms with Crippen LogP contribution in [0.3, 0.4) is 0 Å². The molecule has 1 aromatic carbocycles. The average Bonchev–Trinajstić information content (AvgIpc) is 2.83. The third kappa shape index (κ3) is 2.01. The number of hydrogen-bond acceptors (Lipinski definition) is 2. The van der Waals surface area contributed by atoms with Crippen LogP contribution < -0.4 is 0 Å². The summed E-state index contributed by atoms with van der Waals surface area (Å²) in [7, 11) is -2.85. The fraction of sp³-hybridized carbons (Fsp3) is 0.400. The molecule has 4 heteroatoms. The molecule has 0 heterocycles. The van der Waals surface area contributed by atoms with E-state index in [1.807, 2.05) is 24.3 Å². The molecule has 0 unspecified atom stereocenters. The lowest BCUT2D eigenvalue weighted by molar-refractivity contribution is 0.600. The Morgan fingerprint density at radius 3 is 2.29 bits per heavy atom. The first kappa shape index (κ1) is 10.2. The molecular weight excluding hydrogens is 264 g/mol. The first-order valence-corrected chi connectivity index (χ1v) is 7.17. The molecule has 1 aliphatic rings. The molecule has 0 amide bonds. The fourth-order valence-corrected chi connectivity index (χ4v) is 3.28. The van der Waals surface area contributed by atoms with Crippen LogP contribution in [-0.2, 0) is 9.84 Å². The molecule has 2 nitrogen and oxygen atoms in total. The second kappa shape index (κ2) is 3.35. The van der Waals surface area contributed by atoms with E-state index in [1.165, 1.54) is 6.26 Å². The Balaban J connectivity index is 2.18. The maximum atomic E-state index is 11.2. The summed E-state index contributed by atoms with van der Waals surface area (Å²) in [5.74, 6) is 0.220. The minimum atomic E-state index is -2.85. The van der Waals surface area contributed by atoms with E-state index in [-0.39, 0.29) is 11.2 Å². The van der Waals surface area contributed by atoms with Gasteiger partial charge in [0.1, 0.15) is 0 Å². The maximum absolute atomic E-state index is 11.2.